The number of esters is 1. The number of likely N-dealkylation sites (tertiary alicyclic amines) is 1. The highest BCUT2D eigenvalue weighted by molar-refractivity contribution is 5.77. The third-order valence-corrected chi connectivity index (χ3v) is 6.45. The standard InChI is InChI=1S/C30H40N4O4/c1-29(2,3)37-26(35)23(22-14-15-34(19-22)28(36)38-30(4,5)6)17-20-10-9-11-21(16-20)18-31-27-32-24-12-7-8-13-25(24)33-27/h7-13,16,22-23H,14-15,17-19H2,1-6H3,(H2,31,32,33)/t22-,23-/m0/s1. The lowest BCUT2D eigenvalue weighted by Crippen LogP contribution is -2.38. The van der Waals surface area contributed by atoms with Crippen molar-refractivity contribution in [2.75, 3.05) is 18.4 Å². The van der Waals surface area contributed by atoms with Crippen molar-refractivity contribution >= 4 is 29.0 Å². The van der Waals surface area contributed by atoms with E-state index >= 15 is 0 Å². The summed E-state index contributed by atoms with van der Waals surface area (Å²) in [7, 11) is 0. The average molecular weight is 521 g/mol. The molecule has 1 aromatic heterocycles. The highest BCUT2D eigenvalue weighted by Gasteiger charge is 2.39. The van der Waals surface area contributed by atoms with Gasteiger partial charge in [0.2, 0.25) is 5.95 Å². The molecule has 4 rings (SSSR count). The zero-order chi connectivity index (χ0) is 27.5. The number of para-hydroxylation sites is 2. The van der Waals surface area contributed by atoms with Gasteiger partial charge in [0, 0.05) is 19.6 Å². The lowest BCUT2D eigenvalue weighted by atomic mass is 9.85. The van der Waals surface area contributed by atoms with Gasteiger partial charge in [0.25, 0.3) is 0 Å². The Bertz CT molecular complexity index is 1240. The van der Waals surface area contributed by atoms with Crippen LogP contribution in [0.3, 0.4) is 0 Å². The van der Waals surface area contributed by atoms with Crippen LogP contribution in [0.2, 0.25) is 0 Å². The molecule has 2 atom stereocenters. The Morgan fingerprint density at radius 3 is 2.45 bits per heavy atom. The van der Waals surface area contributed by atoms with Crippen LogP contribution in [0.1, 0.15) is 59.1 Å². The van der Waals surface area contributed by atoms with Crippen molar-refractivity contribution < 1.29 is 19.1 Å². The zero-order valence-corrected chi connectivity index (χ0v) is 23.3. The van der Waals surface area contributed by atoms with Crippen molar-refractivity contribution in [3.8, 4) is 0 Å². The zero-order valence-electron chi connectivity index (χ0n) is 23.3. The van der Waals surface area contributed by atoms with Crippen molar-refractivity contribution in [3.05, 3.63) is 59.7 Å². The number of H-pyrrole nitrogens is 1. The van der Waals surface area contributed by atoms with E-state index in [-0.39, 0.29) is 23.9 Å². The first-order valence-electron chi connectivity index (χ1n) is 13.3. The summed E-state index contributed by atoms with van der Waals surface area (Å²) in [6.45, 7) is 12.9. The number of benzene rings is 2. The smallest absolute Gasteiger partial charge is 0.410 e. The van der Waals surface area contributed by atoms with E-state index in [4.69, 9.17) is 9.47 Å². The molecule has 2 heterocycles. The Morgan fingerprint density at radius 2 is 1.74 bits per heavy atom. The lowest BCUT2D eigenvalue weighted by Gasteiger charge is -2.28. The number of aromatic amines is 1. The number of rotatable bonds is 7. The van der Waals surface area contributed by atoms with Gasteiger partial charge in [-0.05, 0) is 83.6 Å². The van der Waals surface area contributed by atoms with Gasteiger partial charge in [-0.25, -0.2) is 9.78 Å². The second kappa shape index (κ2) is 11.1. The van der Waals surface area contributed by atoms with Crippen LogP contribution < -0.4 is 5.32 Å². The van der Waals surface area contributed by atoms with E-state index in [1.807, 2.05) is 77.9 Å². The van der Waals surface area contributed by atoms with Gasteiger partial charge < -0.3 is 24.7 Å². The summed E-state index contributed by atoms with van der Waals surface area (Å²) in [4.78, 5) is 35.6. The van der Waals surface area contributed by atoms with Gasteiger partial charge in [0.1, 0.15) is 11.2 Å². The molecule has 2 aromatic carbocycles. The summed E-state index contributed by atoms with van der Waals surface area (Å²) in [5.74, 6) is 0.130. The molecule has 0 saturated carbocycles. The number of anilines is 1. The molecule has 0 spiro atoms. The number of carbonyl (C=O) groups is 2. The minimum atomic E-state index is -0.586. The summed E-state index contributed by atoms with van der Waals surface area (Å²) in [6.07, 6.45) is 0.943. The van der Waals surface area contributed by atoms with Crippen molar-refractivity contribution in [1.82, 2.24) is 14.9 Å². The van der Waals surface area contributed by atoms with Gasteiger partial charge in [0.15, 0.2) is 0 Å². The molecule has 2 N–H and O–H groups in total. The van der Waals surface area contributed by atoms with Crippen LogP contribution in [0, 0.1) is 11.8 Å². The number of imidazole rings is 1. The third-order valence-electron chi connectivity index (χ3n) is 6.45. The van der Waals surface area contributed by atoms with Gasteiger partial charge in [-0.15, -0.1) is 0 Å². The third kappa shape index (κ3) is 7.49. The molecular formula is C30H40N4O4. The normalized spacial score (nSPS) is 16.9. The number of aromatic nitrogens is 2. The number of ether oxygens (including phenoxy) is 2. The molecule has 1 aliphatic heterocycles. The number of nitrogens with zero attached hydrogens (tertiary/aromatic N) is 2. The van der Waals surface area contributed by atoms with Gasteiger partial charge in [-0.1, -0.05) is 36.4 Å². The van der Waals surface area contributed by atoms with Crippen LogP contribution >= 0.6 is 0 Å². The van der Waals surface area contributed by atoms with Crippen LogP contribution in [0.4, 0.5) is 10.7 Å². The van der Waals surface area contributed by atoms with Crippen molar-refractivity contribution in [1.29, 1.82) is 0 Å². The quantitative estimate of drug-likeness (QED) is 0.375. The van der Waals surface area contributed by atoms with Gasteiger partial charge >= 0.3 is 12.1 Å². The second-order valence-corrected chi connectivity index (χ2v) is 12.1. The first-order valence-corrected chi connectivity index (χ1v) is 13.3. The van der Waals surface area contributed by atoms with E-state index in [9.17, 15) is 9.59 Å². The van der Waals surface area contributed by atoms with Crippen molar-refractivity contribution in [3.63, 3.8) is 0 Å². The number of amides is 1. The first-order chi connectivity index (χ1) is 17.9. The van der Waals surface area contributed by atoms with Crippen LogP contribution in [0.15, 0.2) is 48.5 Å². The number of hydrogen-bond donors (Lipinski definition) is 2. The fourth-order valence-electron chi connectivity index (χ4n) is 4.77. The summed E-state index contributed by atoms with van der Waals surface area (Å²) in [5, 5.41) is 3.36. The first kappa shape index (κ1) is 27.5. The molecule has 1 saturated heterocycles. The Morgan fingerprint density at radius 1 is 1.03 bits per heavy atom. The maximum atomic E-state index is 13.4. The molecule has 1 amide bonds. The SMILES string of the molecule is CC(C)(C)OC(=O)[C@@H](Cc1cccc(CNc2nc3ccccc3[nH]2)c1)[C@H]1CCN(C(=O)OC(C)(C)C)C1. The molecule has 3 aromatic rings. The molecular weight excluding hydrogens is 480 g/mol. The highest BCUT2D eigenvalue weighted by atomic mass is 16.6. The fourth-order valence-corrected chi connectivity index (χ4v) is 4.77. The Kier molecular flexibility index (Phi) is 7.99. The molecule has 0 radical (unpaired) electrons. The van der Waals surface area contributed by atoms with Gasteiger partial charge in [-0.2, -0.15) is 0 Å². The lowest BCUT2D eigenvalue weighted by molar-refractivity contribution is -0.161. The number of nitrogens with one attached hydrogen (secondary N) is 2. The average Bonchev–Trinajstić information content (AvgIpc) is 3.46. The largest absolute Gasteiger partial charge is 0.460 e. The molecule has 8 nitrogen and oxygen atoms in total. The maximum Gasteiger partial charge on any atom is 0.410 e. The molecule has 0 unspecified atom stereocenters. The summed E-state index contributed by atoms with van der Waals surface area (Å²) >= 11 is 0. The molecule has 204 valence electrons. The van der Waals surface area contributed by atoms with Crippen LogP contribution in [-0.4, -0.2) is 51.2 Å². The fraction of sp³-hybridized carbons (Fsp3) is 0.500. The predicted octanol–water partition coefficient (Wildman–Crippen LogP) is 5.93. The molecule has 0 aliphatic carbocycles. The Hall–Kier alpha value is -3.55. The second-order valence-electron chi connectivity index (χ2n) is 12.1. The summed E-state index contributed by atoms with van der Waals surface area (Å²) in [5.41, 5.74) is 2.91. The number of hydrogen-bond acceptors (Lipinski definition) is 6. The Balaban J connectivity index is 1.45. The molecule has 1 aliphatic rings. The van der Waals surface area contributed by atoms with Crippen molar-refractivity contribution in [2.45, 2.75) is 72.1 Å². The van der Waals surface area contributed by atoms with Crippen molar-refractivity contribution in [2.24, 2.45) is 11.8 Å². The summed E-state index contributed by atoms with van der Waals surface area (Å²) < 4.78 is 11.4. The summed E-state index contributed by atoms with van der Waals surface area (Å²) in [6, 6.07) is 16.1. The van der Waals surface area contributed by atoms with E-state index in [0.717, 1.165) is 34.5 Å². The van der Waals surface area contributed by atoms with Gasteiger partial charge in [-0.3, -0.25) is 4.79 Å². The molecule has 8 heteroatoms. The molecule has 0 bridgehead atoms. The van der Waals surface area contributed by atoms with E-state index < -0.39 is 11.2 Å². The van der Waals surface area contributed by atoms with Gasteiger partial charge in [0.05, 0.1) is 17.0 Å². The monoisotopic (exact) mass is 520 g/mol. The Labute approximate surface area is 225 Å². The molecule has 38 heavy (non-hydrogen) atoms. The maximum absolute atomic E-state index is 13.4. The minimum absolute atomic E-state index is 0.00491. The van der Waals surface area contributed by atoms with E-state index in [1.165, 1.54) is 0 Å². The highest BCUT2D eigenvalue weighted by Crippen LogP contribution is 2.31. The van der Waals surface area contributed by atoms with E-state index in [0.29, 0.717) is 26.1 Å². The molecule has 1 fully saturated rings. The topological polar surface area (TPSA) is 96.5 Å². The number of carbonyl (C=O) groups excluding carboxylic acids is 2. The minimum Gasteiger partial charge on any atom is -0.460 e. The van der Waals surface area contributed by atoms with Crippen LogP contribution in [0.5, 0.6) is 0 Å². The van der Waals surface area contributed by atoms with E-state index in [1.54, 1.807) is 4.90 Å². The van der Waals surface area contributed by atoms with Crippen LogP contribution in [0.25, 0.3) is 11.0 Å². The van der Waals surface area contributed by atoms with E-state index in [2.05, 4.69) is 27.4 Å². The van der Waals surface area contributed by atoms with Crippen LogP contribution in [-0.2, 0) is 27.2 Å². The predicted molar refractivity (Wildman–Crippen MR) is 149 cm³/mol. The number of fused-ring (bicyclic) bond motifs is 1.